The van der Waals surface area contributed by atoms with Gasteiger partial charge < -0.3 is 9.47 Å². The molecule has 0 amide bonds. The van der Waals surface area contributed by atoms with Gasteiger partial charge in [0.05, 0.1) is 20.3 Å². The van der Waals surface area contributed by atoms with Crippen LogP contribution in [0.2, 0.25) is 5.02 Å². The number of hydrogen-bond acceptors (Lipinski definition) is 3. The number of halogens is 2. The quantitative estimate of drug-likeness (QED) is 0.760. The predicted octanol–water partition coefficient (Wildman–Crippen LogP) is 4.52. The lowest BCUT2D eigenvalue weighted by molar-refractivity contribution is 0.354. The minimum atomic E-state index is 0. The molecular formula is C18H19BrClNO2. The van der Waals surface area contributed by atoms with Gasteiger partial charge in [-0.15, -0.1) is 17.0 Å². The molecule has 1 heterocycles. The molecule has 1 unspecified atom stereocenters. The van der Waals surface area contributed by atoms with E-state index in [4.69, 9.17) is 21.1 Å². The average molecular weight is 397 g/mol. The predicted molar refractivity (Wildman–Crippen MR) is 100 cm³/mol. The third-order valence-corrected chi connectivity index (χ3v) is 4.31. The Morgan fingerprint density at radius 1 is 1.13 bits per heavy atom. The first-order chi connectivity index (χ1) is 10.7. The molecule has 122 valence electrons. The second kappa shape index (κ2) is 7.84. The van der Waals surface area contributed by atoms with E-state index in [1.807, 2.05) is 36.5 Å². The summed E-state index contributed by atoms with van der Waals surface area (Å²) in [6.45, 7) is 0. The number of aliphatic imine (C=N–C) groups is 1. The molecular weight excluding hydrogens is 378 g/mol. The number of benzene rings is 2. The zero-order valence-corrected chi connectivity index (χ0v) is 15.6. The number of rotatable bonds is 4. The van der Waals surface area contributed by atoms with Crippen LogP contribution in [0, 0.1) is 0 Å². The third kappa shape index (κ3) is 3.88. The van der Waals surface area contributed by atoms with Crippen molar-refractivity contribution in [1.82, 2.24) is 0 Å². The largest absolute Gasteiger partial charge is 0.493 e. The van der Waals surface area contributed by atoms with E-state index in [1.165, 1.54) is 5.56 Å². The summed E-state index contributed by atoms with van der Waals surface area (Å²) >= 11 is 6.24. The van der Waals surface area contributed by atoms with Gasteiger partial charge in [0.25, 0.3) is 0 Å². The van der Waals surface area contributed by atoms with Gasteiger partial charge in [-0.3, -0.25) is 4.99 Å². The molecule has 0 radical (unpaired) electrons. The molecule has 2 aromatic rings. The van der Waals surface area contributed by atoms with Crippen molar-refractivity contribution in [3.63, 3.8) is 0 Å². The van der Waals surface area contributed by atoms with Gasteiger partial charge in [-0.05, 0) is 47.7 Å². The van der Waals surface area contributed by atoms with E-state index in [0.29, 0.717) is 0 Å². The van der Waals surface area contributed by atoms with Crippen LogP contribution in [0.4, 0.5) is 0 Å². The van der Waals surface area contributed by atoms with Crippen LogP contribution in [0.3, 0.4) is 0 Å². The first-order valence-electron chi connectivity index (χ1n) is 7.22. The van der Waals surface area contributed by atoms with E-state index in [9.17, 15) is 0 Å². The van der Waals surface area contributed by atoms with Gasteiger partial charge in [0.1, 0.15) is 0 Å². The summed E-state index contributed by atoms with van der Waals surface area (Å²) in [7, 11) is 3.30. The molecule has 1 atom stereocenters. The smallest absolute Gasteiger partial charge is 0.161 e. The highest BCUT2D eigenvalue weighted by atomic mass is 79.9. The molecule has 0 aromatic heterocycles. The average Bonchev–Trinajstić information content (AvgIpc) is 2.55. The van der Waals surface area contributed by atoms with Crippen molar-refractivity contribution in [3.8, 4) is 11.5 Å². The lowest BCUT2D eigenvalue weighted by Crippen LogP contribution is -2.18. The van der Waals surface area contributed by atoms with Crippen LogP contribution in [0.5, 0.6) is 11.5 Å². The van der Waals surface area contributed by atoms with Crippen LogP contribution in [0.1, 0.15) is 16.7 Å². The van der Waals surface area contributed by atoms with Crippen molar-refractivity contribution < 1.29 is 9.47 Å². The number of methoxy groups -OCH3 is 2. The van der Waals surface area contributed by atoms with Gasteiger partial charge in [0.2, 0.25) is 0 Å². The molecule has 0 bridgehead atoms. The molecule has 0 saturated heterocycles. The fourth-order valence-corrected chi connectivity index (χ4v) is 2.98. The zero-order valence-electron chi connectivity index (χ0n) is 13.1. The van der Waals surface area contributed by atoms with Crippen LogP contribution in [-0.4, -0.2) is 26.5 Å². The zero-order chi connectivity index (χ0) is 15.5. The Morgan fingerprint density at radius 3 is 2.52 bits per heavy atom. The van der Waals surface area contributed by atoms with Crippen molar-refractivity contribution >= 4 is 34.8 Å². The maximum atomic E-state index is 6.24. The van der Waals surface area contributed by atoms with E-state index < -0.39 is 0 Å². The van der Waals surface area contributed by atoms with Gasteiger partial charge in [-0.2, -0.15) is 0 Å². The molecule has 3 nitrogen and oxygen atoms in total. The topological polar surface area (TPSA) is 30.8 Å². The maximum Gasteiger partial charge on any atom is 0.161 e. The van der Waals surface area contributed by atoms with Crippen molar-refractivity contribution in [2.24, 2.45) is 4.99 Å². The lowest BCUT2D eigenvalue weighted by atomic mass is 9.93. The molecule has 23 heavy (non-hydrogen) atoms. The molecule has 3 rings (SSSR count). The third-order valence-electron chi connectivity index (χ3n) is 3.94. The SMILES string of the molecule is Br.COc1cc2c(cc1OC)CC(Cc1ccccc1Cl)N=C2. The van der Waals surface area contributed by atoms with E-state index in [-0.39, 0.29) is 23.0 Å². The number of ether oxygens (including phenoxy) is 2. The second-order valence-electron chi connectivity index (χ2n) is 5.34. The molecule has 2 aromatic carbocycles. The summed E-state index contributed by atoms with van der Waals surface area (Å²) in [4.78, 5) is 4.66. The fourth-order valence-electron chi connectivity index (χ4n) is 2.77. The highest BCUT2D eigenvalue weighted by molar-refractivity contribution is 8.93. The van der Waals surface area contributed by atoms with Crippen LogP contribution >= 0.6 is 28.6 Å². The molecule has 0 aliphatic carbocycles. The Balaban J connectivity index is 0.00000192. The standard InChI is InChI=1S/C18H18ClNO2.BrH/c1-21-17-9-13-8-15(7-12-5-3-4-6-16(12)19)20-11-14(13)10-18(17)22-2;/h3-6,9-11,15H,7-8H2,1-2H3;1H. The van der Waals surface area contributed by atoms with Gasteiger partial charge in [0.15, 0.2) is 11.5 Å². The monoisotopic (exact) mass is 395 g/mol. The summed E-state index contributed by atoms with van der Waals surface area (Å²) in [6.07, 6.45) is 3.63. The first kappa shape index (κ1) is 17.8. The van der Waals surface area contributed by atoms with Crippen molar-refractivity contribution in [2.75, 3.05) is 14.2 Å². The lowest BCUT2D eigenvalue weighted by Gasteiger charge is -2.21. The Kier molecular flexibility index (Phi) is 6.08. The molecule has 0 N–H and O–H groups in total. The van der Waals surface area contributed by atoms with Crippen LogP contribution in [0.15, 0.2) is 41.4 Å². The Morgan fingerprint density at radius 2 is 1.83 bits per heavy atom. The Bertz CT molecular complexity index is 718. The molecule has 0 spiro atoms. The number of nitrogens with zero attached hydrogens (tertiary/aromatic N) is 1. The van der Waals surface area contributed by atoms with Gasteiger partial charge in [-0.1, -0.05) is 29.8 Å². The Labute approximate surface area is 152 Å². The summed E-state index contributed by atoms with van der Waals surface area (Å²) in [6, 6.07) is 12.2. The van der Waals surface area contributed by atoms with Crippen molar-refractivity contribution in [1.29, 1.82) is 0 Å². The summed E-state index contributed by atoms with van der Waals surface area (Å²) < 4.78 is 10.7. The van der Waals surface area contributed by atoms with Crippen LogP contribution in [0.25, 0.3) is 0 Å². The van der Waals surface area contributed by atoms with Crippen molar-refractivity contribution in [3.05, 3.63) is 58.1 Å². The molecule has 1 aliphatic heterocycles. The molecule has 0 fully saturated rings. The molecule has 0 saturated carbocycles. The maximum absolute atomic E-state index is 6.24. The summed E-state index contributed by atoms with van der Waals surface area (Å²) in [5, 5.41) is 0.802. The van der Waals surface area contributed by atoms with E-state index in [0.717, 1.165) is 40.5 Å². The number of fused-ring (bicyclic) bond motifs is 1. The van der Waals surface area contributed by atoms with Gasteiger partial charge in [0, 0.05) is 11.2 Å². The van der Waals surface area contributed by atoms with E-state index in [2.05, 4.69) is 11.1 Å². The van der Waals surface area contributed by atoms with Crippen LogP contribution < -0.4 is 9.47 Å². The first-order valence-corrected chi connectivity index (χ1v) is 7.60. The highest BCUT2D eigenvalue weighted by Gasteiger charge is 2.19. The minimum Gasteiger partial charge on any atom is -0.493 e. The normalized spacial score (nSPS) is 15.5. The summed E-state index contributed by atoms with van der Waals surface area (Å²) in [5.41, 5.74) is 3.45. The fraction of sp³-hybridized carbons (Fsp3) is 0.278. The molecule has 1 aliphatic rings. The number of hydrogen-bond donors (Lipinski definition) is 0. The molecule has 5 heteroatoms. The Hall–Kier alpha value is -1.52. The second-order valence-corrected chi connectivity index (χ2v) is 5.74. The summed E-state index contributed by atoms with van der Waals surface area (Å²) in [5.74, 6) is 1.49. The van der Waals surface area contributed by atoms with Crippen molar-refractivity contribution in [2.45, 2.75) is 18.9 Å². The van der Waals surface area contributed by atoms with Crippen LogP contribution in [-0.2, 0) is 12.8 Å². The van der Waals surface area contributed by atoms with E-state index >= 15 is 0 Å². The van der Waals surface area contributed by atoms with Gasteiger partial charge in [-0.25, -0.2) is 0 Å². The minimum absolute atomic E-state index is 0. The van der Waals surface area contributed by atoms with E-state index in [1.54, 1.807) is 14.2 Å². The van der Waals surface area contributed by atoms with Gasteiger partial charge >= 0.3 is 0 Å². The highest BCUT2D eigenvalue weighted by Crippen LogP contribution is 2.32.